The van der Waals surface area contributed by atoms with E-state index in [1.807, 2.05) is 6.07 Å². The molecule has 0 aromatic heterocycles. The summed E-state index contributed by atoms with van der Waals surface area (Å²) >= 11 is 0. The summed E-state index contributed by atoms with van der Waals surface area (Å²) in [7, 11) is 3.95. The van der Waals surface area contributed by atoms with Gasteiger partial charge in [-0.3, -0.25) is 0 Å². The third-order valence-corrected chi connectivity index (χ3v) is 4.79. The van der Waals surface area contributed by atoms with Gasteiger partial charge in [0, 0.05) is 5.41 Å². The molecule has 0 N–H and O–H groups in total. The molecule has 1 aliphatic rings. The van der Waals surface area contributed by atoms with Crippen LogP contribution in [0.25, 0.3) is 0 Å². The minimum atomic E-state index is 0.113. The maximum Gasteiger partial charge on any atom is 0.119 e. The van der Waals surface area contributed by atoms with Crippen LogP contribution in [0.3, 0.4) is 0 Å². The van der Waals surface area contributed by atoms with Crippen LogP contribution >= 0.6 is 0 Å². The standard InChI is InChI=1S/C19H23NO/c1-20-13-11-19(12-14-20,16-7-4-3-5-8-16)17-9-6-10-18(15-17)21-2/h3-10,15H,11-14H2,1-2H3. The molecule has 110 valence electrons. The van der Waals surface area contributed by atoms with E-state index in [1.54, 1.807) is 7.11 Å². The summed E-state index contributed by atoms with van der Waals surface area (Å²) in [5.74, 6) is 0.946. The number of hydrogen-bond donors (Lipinski definition) is 0. The van der Waals surface area contributed by atoms with Crippen molar-refractivity contribution in [2.45, 2.75) is 18.3 Å². The van der Waals surface area contributed by atoms with Crippen LogP contribution in [0.4, 0.5) is 0 Å². The van der Waals surface area contributed by atoms with Gasteiger partial charge in [-0.1, -0.05) is 42.5 Å². The van der Waals surface area contributed by atoms with Gasteiger partial charge in [-0.15, -0.1) is 0 Å². The minimum absolute atomic E-state index is 0.113. The Morgan fingerprint density at radius 2 is 1.57 bits per heavy atom. The van der Waals surface area contributed by atoms with Crippen molar-refractivity contribution < 1.29 is 4.74 Å². The van der Waals surface area contributed by atoms with E-state index in [-0.39, 0.29) is 5.41 Å². The van der Waals surface area contributed by atoms with Gasteiger partial charge in [0.05, 0.1) is 7.11 Å². The molecule has 0 atom stereocenters. The summed E-state index contributed by atoms with van der Waals surface area (Å²) in [6.45, 7) is 2.26. The van der Waals surface area contributed by atoms with Gasteiger partial charge in [-0.05, 0) is 56.2 Å². The number of methoxy groups -OCH3 is 1. The molecule has 2 aromatic rings. The highest BCUT2D eigenvalue weighted by molar-refractivity contribution is 5.43. The zero-order chi connectivity index (χ0) is 14.7. The van der Waals surface area contributed by atoms with E-state index in [0.717, 1.165) is 31.7 Å². The number of rotatable bonds is 3. The first-order chi connectivity index (χ1) is 10.2. The summed E-state index contributed by atoms with van der Waals surface area (Å²) < 4.78 is 5.44. The average molecular weight is 281 g/mol. The molecule has 2 aromatic carbocycles. The Hall–Kier alpha value is -1.80. The lowest BCUT2D eigenvalue weighted by Gasteiger charge is -2.42. The van der Waals surface area contributed by atoms with Crippen LogP contribution in [0.2, 0.25) is 0 Å². The molecule has 0 aliphatic carbocycles. The molecule has 0 bridgehead atoms. The predicted octanol–water partition coefficient (Wildman–Crippen LogP) is 3.71. The second-order valence-electron chi connectivity index (χ2n) is 5.98. The molecule has 0 amide bonds. The fourth-order valence-corrected chi connectivity index (χ4v) is 3.42. The Morgan fingerprint density at radius 3 is 2.24 bits per heavy atom. The van der Waals surface area contributed by atoms with Crippen molar-refractivity contribution >= 4 is 0 Å². The van der Waals surface area contributed by atoms with Crippen molar-refractivity contribution in [1.82, 2.24) is 4.90 Å². The van der Waals surface area contributed by atoms with E-state index < -0.39 is 0 Å². The highest BCUT2D eigenvalue weighted by Crippen LogP contribution is 2.42. The van der Waals surface area contributed by atoms with Crippen LogP contribution < -0.4 is 4.74 Å². The van der Waals surface area contributed by atoms with E-state index in [0.29, 0.717) is 0 Å². The highest BCUT2D eigenvalue weighted by Gasteiger charge is 2.37. The van der Waals surface area contributed by atoms with Crippen LogP contribution in [-0.4, -0.2) is 32.1 Å². The largest absolute Gasteiger partial charge is 0.497 e. The number of likely N-dealkylation sites (tertiary alicyclic amines) is 1. The lowest BCUT2D eigenvalue weighted by Crippen LogP contribution is -2.41. The maximum atomic E-state index is 5.44. The van der Waals surface area contributed by atoms with Crippen molar-refractivity contribution in [1.29, 1.82) is 0 Å². The molecule has 1 fully saturated rings. The van der Waals surface area contributed by atoms with E-state index in [4.69, 9.17) is 4.74 Å². The van der Waals surface area contributed by atoms with Gasteiger partial charge in [-0.2, -0.15) is 0 Å². The first-order valence-electron chi connectivity index (χ1n) is 7.63. The summed E-state index contributed by atoms with van der Waals surface area (Å²) in [6, 6.07) is 19.5. The maximum absolute atomic E-state index is 5.44. The molecule has 1 heterocycles. The Bertz CT molecular complexity index is 586. The van der Waals surface area contributed by atoms with Crippen molar-refractivity contribution in [2.75, 3.05) is 27.2 Å². The molecule has 1 aliphatic heterocycles. The van der Waals surface area contributed by atoms with Gasteiger partial charge in [0.2, 0.25) is 0 Å². The zero-order valence-corrected chi connectivity index (χ0v) is 12.9. The number of piperidine rings is 1. The van der Waals surface area contributed by atoms with E-state index in [1.165, 1.54) is 11.1 Å². The Labute approximate surface area is 127 Å². The summed E-state index contributed by atoms with van der Waals surface area (Å²) in [6.07, 6.45) is 2.31. The first kappa shape index (κ1) is 14.2. The monoisotopic (exact) mass is 281 g/mol. The van der Waals surface area contributed by atoms with Crippen LogP contribution in [0.5, 0.6) is 5.75 Å². The minimum Gasteiger partial charge on any atom is -0.497 e. The number of ether oxygens (including phenoxy) is 1. The fourth-order valence-electron chi connectivity index (χ4n) is 3.42. The zero-order valence-electron chi connectivity index (χ0n) is 12.9. The third-order valence-electron chi connectivity index (χ3n) is 4.79. The smallest absolute Gasteiger partial charge is 0.119 e. The van der Waals surface area contributed by atoms with Crippen LogP contribution in [-0.2, 0) is 5.41 Å². The number of hydrogen-bond acceptors (Lipinski definition) is 2. The molecular weight excluding hydrogens is 258 g/mol. The second kappa shape index (κ2) is 5.90. The average Bonchev–Trinajstić information content (AvgIpc) is 2.57. The van der Waals surface area contributed by atoms with Gasteiger partial charge in [0.25, 0.3) is 0 Å². The lowest BCUT2D eigenvalue weighted by molar-refractivity contribution is 0.212. The van der Waals surface area contributed by atoms with E-state index in [2.05, 4.69) is 60.5 Å². The molecule has 0 spiro atoms. The van der Waals surface area contributed by atoms with Crippen molar-refractivity contribution in [3.8, 4) is 5.75 Å². The van der Waals surface area contributed by atoms with Crippen molar-refractivity contribution in [3.05, 3.63) is 65.7 Å². The molecule has 21 heavy (non-hydrogen) atoms. The van der Waals surface area contributed by atoms with Crippen LogP contribution in [0.1, 0.15) is 24.0 Å². The van der Waals surface area contributed by atoms with Gasteiger partial charge >= 0.3 is 0 Å². The normalized spacial score (nSPS) is 18.4. The second-order valence-corrected chi connectivity index (χ2v) is 5.98. The van der Waals surface area contributed by atoms with Gasteiger partial charge in [0.15, 0.2) is 0 Å². The SMILES string of the molecule is COc1cccc(C2(c3ccccc3)CCN(C)CC2)c1. The first-order valence-corrected chi connectivity index (χ1v) is 7.63. The Morgan fingerprint density at radius 1 is 0.905 bits per heavy atom. The van der Waals surface area contributed by atoms with Gasteiger partial charge in [-0.25, -0.2) is 0 Å². The molecule has 3 rings (SSSR count). The molecule has 0 unspecified atom stereocenters. The summed E-state index contributed by atoms with van der Waals surface area (Å²) in [4.78, 5) is 2.42. The van der Waals surface area contributed by atoms with E-state index >= 15 is 0 Å². The summed E-state index contributed by atoms with van der Waals surface area (Å²) in [5.41, 5.74) is 2.91. The topological polar surface area (TPSA) is 12.5 Å². The van der Waals surface area contributed by atoms with Crippen molar-refractivity contribution in [2.24, 2.45) is 0 Å². The third kappa shape index (κ3) is 2.68. The predicted molar refractivity (Wildman–Crippen MR) is 86.9 cm³/mol. The fraction of sp³-hybridized carbons (Fsp3) is 0.368. The number of benzene rings is 2. The lowest BCUT2D eigenvalue weighted by atomic mass is 9.68. The Kier molecular flexibility index (Phi) is 3.98. The molecule has 2 nitrogen and oxygen atoms in total. The number of nitrogens with zero attached hydrogens (tertiary/aromatic N) is 1. The quantitative estimate of drug-likeness (QED) is 0.850. The van der Waals surface area contributed by atoms with E-state index in [9.17, 15) is 0 Å². The van der Waals surface area contributed by atoms with Gasteiger partial charge < -0.3 is 9.64 Å². The molecule has 1 saturated heterocycles. The summed E-state index contributed by atoms with van der Waals surface area (Å²) in [5, 5.41) is 0. The molecule has 0 radical (unpaired) electrons. The van der Waals surface area contributed by atoms with Gasteiger partial charge in [0.1, 0.15) is 5.75 Å². The van der Waals surface area contributed by atoms with Crippen LogP contribution in [0.15, 0.2) is 54.6 Å². The highest BCUT2D eigenvalue weighted by atomic mass is 16.5. The molecule has 0 saturated carbocycles. The Balaban J connectivity index is 2.08. The van der Waals surface area contributed by atoms with Crippen molar-refractivity contribution in [3.63, 3.8) is 0 Å². The molecule has 2 heteroatoms. The molecular formula is C19H23NO. The van der Waals surface area contributed by atoms with Crippen LogP contribution in [0, 0.1) is 0 Å².